The van der Waals surface area contributed by atoms with Gasteiger partial charge in [0.15, 0.2) is 0 Å². The number of anilines is 3. The molecule has 7 aromatic rings. The lowest BCUT2D eigenvalue weighted by atomic mass is 9.99. The molecule has 1 aromatic heterocycles. The number of furan rings is 1. The second-order valence-electron chi connectivity index (χ2n) is 10.8. The Kier molecular flexibility index (Phi) is 6.20. The first-order valence-electron chi connectivity index (χ1n) is 14.6. The van der Waals surface area contributed by atoms with E-state index in [0.717, 1.165) is 44.9 Å². The van der Waals surface area contributed by atoms with Crippen LogP contribution in [0.2, 0.25) is 0 Å². The Bertz CT molecular complexity index is 2070. The molecule has 0 saturated carbocycles. The summed E-state index contributed by atoms with van der Waals surface area (Å²) in [5.41, 5.74) is 12.3. The van der Waals surface area contributed by atoms with Gasteiger partial charge >= 0.3 is 0 Å². The van der Waals surface area contributed by atoms with Crippen LogP contribution in [0.1, 0.15) is 11.3 Å². The first kappa shape index (κ1) is 25.1. The lowest BCUT2D eigenvalue weighted by Crippen LogP contribution is -2.10. The predicted molar refractivity (Wildman–Crippen MR) is 179 cm³/mol. The summed E-state index contributed by atoms with van der Waals surface area (Å²) in [6.45, 7) is 0.587. The lowest BCUT2D eigenvalue weighted by Gasteiger charge is -2.27. The highest BCUT2D eigenvalue weighted by molar-refractivity contribution is 6.09. The summed E-state index contributed by atoms with van der Waals surface area (Å²) in [5.74, 6) is 0.925. The Morgan fingerprint density at radius 3 is 1.72 bits per heavy atom. The summed E-state index contributed by atoms with van der Waals surface area (Å²) >= 11 is 0. The van der Waals surface area contributed by atoms with Crippen LogP contribution in [0, 0.1) is 0 Å². The average Bonchev–Trinajstić information content (AvgIpc) is 3.68. The Labute approximate surface area is 251 Å². The minimum absolute atomic E-state index is 0.587. The maximum absolute atomic E-state index is 6.24. The van der Waals surface area contributed by atoms with E-state index in [1.54, 1.807) is 0 Å². The van der Waals surface area contributed by atoms with Crippen LogP contribution < -0.4 is 4.90 Å². The van der Waals surface area contributed by atoms with Crippen molar-refractivity contribution < 1.29 is 4.42 Å². The highest BCUT2D eigenvalue weighted by atomic mass is 16.3. The van der Waals surface area contributed by atoms with E-state index in [-0.39, 0.29) is 0 Å². The maximum Gasteiger partial charge on any atom is 0.137 e. The van der Waals surface area contributed by atoms with Gasteiger partial charge < -0.3 is 9.32 Å². The van der Waals surface area contributed by atoms with E-state index in [1.165, 1.54) is 27.8 Å². The lowest BCUT2D eigenvalue weighted by molar-refractivity contribution is 0.557. The molecule has 8 rings (SSSR count). The fraction of sp³-hybridized carbons (Fsp3) is 0.0250. The Hall–Kier alpha value is -5.67. The zero-order chi connectivity index (χ0) is 28.6. The van der Waals surface area contributed by atoms with Crippen molar-refractivity contribution >= 4 is 34.2 Å². The number of benzene rings is 6. The minimum Gasteiger partial charge on any atom is -0.458 e. The molecule has 0 spiro atoms. The quantitative estimate of drug-likeness (QED) is 0.205. The molecule has 0 radical (unpaired) electrons. The zero-order valence-electron chi connectivity index (χ0n) is 23.5. The highest BCUT2D eigenvalue weighted by Crippen LogP contribution is 2.43. The molecule has 0 unspecified atom stereocenters. The van der Waals surface area contributed by atoms with Crippen molar-refractivity contribution in [2.75, 3.05) is 4.90 Å². The van der Waals surface area contributed by atoms with Crippen LogP contribution in [-0.4, -0.2) is 6.21 Å². The predicted octanol–water partition coefficient (Wildman–Crippen LogP) is 10.8. The summed E-state index contributed by atoms with van der Waals surface area (Å²) in [5, 5.41) is 1.09. The van der Waals surface area contributed by atoms with Gasteiger partial charge in [-0.05, 0) is 69.8 Å². The van der Waals surface area contributed by atoms with Crippen LogP contribution in [-0.2, 0) is 6.54 Å². The number of hydrogen-bond acceptors (Lipinski definition) is 3. The van der Waals surface area contributed by atoms with Crippen LogP contribution in [0.3, 0.4) is 0 Å². The molecule has 0 saturated heterocycles. The monoisotopic (exact) mass is 552 g/mol. The topological polar surface area (TPSA) is 28.7 Å². The van der Waals surface area contributed by atoms with E-state index in [0.29, 0.717) is 6.54 Å². The van der Waals surface area contributed by atoms with Gasteiger partial charge in [-0.3, -0.25) is 4.99 Å². The molecule has 2 heterocycles. The molecule has 1 aliphatic rings. The first-order valence-corrected chi connectivity index (χ1v) is 14.6. The Balaban J connectivity index is 1.25. The van der Waals surface area contributed by atoms with Crippen molar-refractivity contribution in [3.05, 3.63) is 163 Å². The molecule has 204 valence electrons. The third-order valence-electron chi connectivity index (χ3n) is 8.17. The zero-order valence-corrected chi connectivity index (χ0v) is 23.5. The second kappa shape index (κ2) is 10.6. The molecule has 0 fully saturated rings. The fourth-order valence-corrected chi connectivity index (χ4v) is 6.03. The molecule has 1 aliphatic heterocycles. The summed E-state index contributed by atoms with van der Waals surface area (Å²) in [4.78, 5) is 6.83. The van der Waals surface area contributed by atoms with E-state index in [2.05, 4.69) is 155 Å². The molecule has 0 amide bonds. The van der Waals surface area contributed by atoms with E-state index in [4.69, 9.17) is 4.42 Å². The third-order valence-corrected chi connectivity index (χ3v) is 8.17. The molecule has 0 N–H and O–H groups in total. The third kappa shape index (κ3) is 4.61. The van der Waals surface area contributed by atoms with Crippen molar-refractivity contribution in [1.29, 1.82) is 0 Å². The minimum atomic E-state index is 0.587. The fourth-order valence-electron chi connectivity index (χ4n) is 6.03. The Morgan fingerprint density at radius 2 is 1.05 bits per heavy atom. The van der Waals surface area contributed by atoms with Gasteiger partial charge in [-0.1, -0.05) is 115 Å². The van der Waals surface area contributed by atoms with Crippen molar-refractivity contribution in [2.24, 2.45) is 4.99 Å². The van der Waals surface area contributed by atoms with Crippen molar-refractivity contribution in [3.8, 4) is 33.4 Å². The van der Waals surface area contributed by atoms with Crippen molar-refractivity contribution in [3.63, 3.8) is 0 Å². The summed E-state index contributed by atoms with van der Waals surface area (Å²) < 4.78 is 6.24. The average molecular weight is 553 g/mol. The van der Waals surface area contributed by atoms with Crippen molar-refractivity contribution in [1.82, 2.24) is 0 Å². The molecule has 0 aliphatic carbocycles. The number of hydrogen-bond donors (Lipinski definition) is 0. The van der Waals surface area contributed by atoms with Crippen LogP contribution in [0.25, 0.3) is 44.3 Å². The maximum atomic E-state index is 6.24. The molecule has 0 atom stereocenters. The highest BCUT2D eigenvalue weighted by Gasteiger charge is 2.23. The number of aliphatic imine (C=N–C) groups is 1. The van der Waals surface area contributed by atoms with Crippen LogP contribution in [0.4, 0.5) is 17.1 Å². The Morgan fingerprint density at radius 1 is 0.488 bits per heavy atom. The van der Waals surface area contributed by atoms with Gasteiger partial charge in [-0.25, -0.2) is 0 Å². The molecule has 6 aromatic carbocycles. The van der Waals surface area contributed by atoms with E-state index >= 15 is 0 Å². The van der Waals surface area contributed by atoms with E-state index in [1.807, 2.05) is 12.3 Å². The van der Waals surface area contributed by atoms with E-state index in [9.17, 15) is 0 Å². The number of fused-ring (bicyclic) bond motifs is 3. The standard InChI is InChI=1S/C40H28N2O/c1-3-9-28(10-4-1)30-17-19-32(20-18-30)33-13-7-14-35(25-33)42(34-23-21-31(22-24-34)29-11-5-2-6-12-29)37-15-8-16-38-40(37)36-26-41-27-39(36)43-38/h1-26H,27H2. The summed E-state index contributed by atoms with van der Waals surface area (Å²) in [6.07, 6.45) is 1.95. The van der Waals surface area contributed by atoms with Gasteiger partial charge in [-0.15, -0.1) is 0 Å². The SMILES string of the molecule is C1=NCc2oc3cccc(N(c4ccc(-c5ccccc5)cc4)c4cccc(-c5ccc(-c6ccccc6)cc5)c4)c3c21. The second-order valence-corrected chi connectivity index (χ2v) is 10.8. The van der Waals surface area contributed by atoms with Crippen LogP contribution in [0.15, 0.2) is 161 Å². The van der Waals surface area contributed by atoms with Gasteiger partial charge in [0.1, 0.15) is 11.3 Å². The molecule has 0 bridgehead atoms. The summed E-state index contributed by atoms with van der Waals surface area (Å²) in [7, 11) is 0. The summed E-state index contributed by atoms with van der Waals surface area (Å²) in [6, 6.07) is 53.7. The van der Waals surface area contributed by atoms with Crippen molar-refractivity contribution in [2.45, 2.75) is 6.54 Å². The van der Waals surface area contributed by atoms with Gasteiger partial charge in [0, 0.05) is 23.2 Å². The van der Waals surface area contributed by atoms with Gasteiger partial charge in [0.25, 0.3) is 0 Å². The normalized spacial score (nSPS) is 12.0. The molecular weight excluding hydrogens is 524 g/mol. The smallest absolute Gasteiger partial charge is 0.137 e. The van der Waals surface area contributed by atoms with Crippen LogP contribution >= 0.6 is 0 Å². The first-order chi connectivity index (χ1) is 21.3. The molecule has 43 heavy (non-hydrogen) atoms. The van der Waals surface area contributed by atoms with E-state index < -0.39 is 0 Å². The van der Waals surface area contributed by atoms with Gasteiger partial charge in [0.2, 0.25) is 0 Å². The number of rotatable bonds is 6. The molecule has 3 heteroatoms. The van der Waals surface area contributed by atoms with Crippen LogP contribution in [0.5, 0.6) is 0 Å². The largest absolute Gasteiger partial charge is 0.458 e. The number of nitrogens with zero attached hydrogens (tertiary/aromatic N) is 2. The van der Waals surface area contributed by atoms with Gasteiger partial charge in [0.05, 0.1) is 17.6 Å². The molecular formula is C40H28N2O. The van der Waals surface area contributed by atoms with Gasteiger partial charge in [-0.2, -0.15) is 0 Å². The molecule has 3 nitrogen and oxygen atoms in total.